The summed E-state index contributed by atoms with van der Waals surface area (Å²) in [6.45, 7) is 11.7. The second-order valence-electron chi connectivity index (χ2n) is 6.50. The maximum Gasteiger partial charge on any atom is 0.173 e. The molecule has 0 N–H and O–H groups in total. The van der Waals surface area contributed by atoms with Gasteiger partial charge in [-0.15, -0.1) is 5.10 Å². The summed E-state index contributed by atoms with van der Waals surface area (Å²) in [5.41, 5.74) is 1.18. The fourth-order valence-corrected chi connectivity index (χ4v) is 3.38. The van der Waals surface area contributed by atoms with Crippen LogP contribution < -0.4 is 0 Å². The molecule has 1 saturated heterocycles. The number of tetrazole rings is 1. The zero-order valence-corrected chi connectivity index (χ0v) is 15.3. The molecule has 0 amide bonds. The van der Waals surface area contributed by atoms with E-state index in [-0.39, 0.29) is 12.1 Å². The molecule has 1 fully saturated rings. The van der Waals surface area contributed by atoms with Crippen LogP contribution in [0, 0.1) is 0 Å². The summed E-state index contributed by atoms with van der Waals surface area (Å²) in [7, 11) is 0. The number of hydrogen-bond donors (Lipinski definition) is 0. The van der Waals surface area contributed by atoms with E-state index < -0.39 is 0 Å². The first-order chi connectivity index (χ1) is 11.6. The van der Waals surface area contributed by atoms with E-state index in [0.717, 1.165) is 43.6 Å². The van der Waals surface area contributed by atoms with Gasteiger partial charge in [-0.25, -0.2) is 4.68 Å². The molecule has 1 aliphatic rings. The van der Waals surface area contributed by atoms with Crippen LogP contribution in [-0.4, -0.2) is 62.7 Å². The lowest BCUT2D eigenvalue weighted by Gasteiger charge is -2.38. The number of rotatable bonds is 5. The third-order valence-electron chi connectivity index (χ3n) is 4.66. The largest absolute Gasteiger partial charge is 0.301 e. The first kappa shape index (κ1) is 17.3. The lowest BCUT2D eigenvalue weighted by atomic mass is 10.0. The number of aromatic nitrogens is 4. The van der Waals surface area contributed by atoms with E-state index in [1.54, 1.807) is 0 Å². The van der Waals surface area contributed by atoms with E-state index in [4.69, 9.17) is 11.6 Å². The molecule has 6 nitrogen and oxygen atoms in total. The smallest absolute Gasteiger partial charge is 0.173 e. The molecule has 130 valence electrons. The van der Waals surface area contributed by atoms with Crippen molar-refractivity contribution in [3.05, 3.63) is 40.7 Å². The normalized spacial score (nSPS) is 18.2. The molecule has 1 aromatic heterocycles. The van der Waals surface area contributed by atoms with Gasteiger partial charge in [0.25, 0.3) is 0 Å². The number of likely N-dealkylation sites (N-methyl/N-ethyl adjacent to an activating group) is 1. The number of nitrogens with zero attached hydrogens (tertiary/aromatic N) is 6. The van der Waals surface area contributed by atoms with Gasteiger partial charge in [-0.3, -0.25) is 4.90 Å². The second kappa shape index (κ2) is 7.59. The second-order valence-corrected chi connectivity index (χ2v) is 6.94. The lowest BCUT2D eigenvalue weighted by Crippen LogP contribution is -2.48. The Morgan fingerprint density at radius 2 is 1.75 bits per heavy atom. The van der Waals surface area contributed by atoms with Crippen LogP contribution in [0.4, 0.5) is 0 Å². The van der Waals surface area contributed by atoms with Crippen LogP contribution in [0.5, 0.6) is 0 Å². The minimum atomic E-state index is 0.0543. The Morgan fingerprint density at radius 3 is 2.33 bits per heavy atom. The van der Waals surface area contributed by atoms with Gasteiger partial charge in [-0.2, -0.15) is 0 Å². The van der Waals surface area contributed by atoms with Crippen LogP contribution >= 0.6 is 11.6 Å². The van der Waals surface area contributed by atoms with E-state index in [2.05, 4.69) is 58.2 Å². The maximum atomic E-state index is 6.08. The highest BCUT2D eigenvalue weighted by molar-refractivity contribution is 6.30. The summed E-state index contributed by atoms with van der Waals surface area (Å²) in [5, 5.41) is 13.2. The van der Waals surface area contributed by atoms with Gasteiger partial charge in [0.05, 0.1) is 12.1 Å². The van der Waals surface area contributed by atoms with Crippen molar-refractivity contribution in [3.8, 4) is 0 Å². The monoisotopic (exact) mass is 348 g/mol. The average Bonchev–Trinajstić information content (AvgIpc) is 3.07. The predicted molar refractivity (Wildman–Crippen MR) is 95.2 cm³/mol. The SMILES string of the molecule is CCN1CCN(C(c2ccc(Cl)cc2)c2nnnn2C(C)C)CC1. The van der Waals surface area contributed by atoms with Gasteiger partial charge < -0.3 is 4.90 Å². The first-order valence-electron chi connectivity index (χ1n) is 8.59. The van der Waals surface area contributed by atoms with E-state index in [0.29, 0.717) is 0 Å². The van der Waals surface area contributed by atoms with Gasteiger partial charge in [0.1, 0.15) is 0 Å². The van der Waals surface area contributed by atoms with Gasteiger partial charge >= 0.3 is 0 Å². The molecule has 1 aliphatic heterocycles. The Bertz CT molecular complexity index is 645. The quantitative estimate of drug-likeness (QED) is 0.831. The number of halogens is 1. The molecule has 7 heteroatoms. The van der Waals surface area contributed by atoms with Gasteiger partial charge in [-0.05, 0) is 48.5 Å². The molecule has 1 aromatic carbocycles. The molecule has 0 saturated carbocycles. The Kier molecular flexibility index (Phi) is 5.48. The molecule has 0 aliphatic carbocycles. The highest BCUT2D eigenvalue weighted by atomic mass is 35.5. The summed E-state index contributed by atoms with van der Waals surface area (Å²) in [6, 6.07) is 8.32. The van der Waals surface area contributed by atoms with Gasteiger partial charge in [-0.1, -0.05) is 30.7 Å². The van der Waals surface area contributed by atoms with Crippen LogP contribution in [0.1, 0.15) is 44.2 Å². The van der Waals surface area contributed by atoms with Crippen molar-refractivity contribution in [2.45, 2.75) is 32.9 Å². The van der Waals surface area contributed by atoms with Crippen LogP contribution in [0.25, 0.3) is 0 Å². The van der Waals surface area contributed by atoms with Crippen molar-refractivity contribution in [2.75, 3.05) is 32.7 Å². The summed E-state index contributed by atoms with van der Waals surface area (Å²) in [5.74, 6) is 0.900. The third kappa shape index (κ3) is 3.61. The van der Waals surface area contributed by atoms with Gasteiger partial charge in [0.2, 0.25) is 0 Å². The summed E-state index contributed by atoms with van der Waals surface area (Å²) < 4.78 is 1.92. The predicted octanol–water partition coefficient (Wildman–Crippen LogP) is 2.63. The molecule has 1 atom stereocenters. The average molecular weight is 349 g/mol. The molecule has 1 unspecified atom stereocenters. The van der Waals surface area contributed by atoms with Crippen LogP contribution in [0.15, 0.2) is 24.3 Å². The Hall–Kier alpha value is -1.50. The molecule has 0 bridgehead atoms. The number of hydrogen-bond acceptors (Lipinski definition) is 5. The van der Waals surface area contributed by atoms with E-state index in [9.17, 15) is 0 Å². The molecule has 2 aromatic rings. The van der Waals surface area contributed by atoms with Crippen molar-refractivity contribution in [1.82, 2.24) is 30.0 Å². The van der Waals surface area contributed by atoms with E-state index >= 15 is 0 Å². The minimum absolute atomic E-state index is 0.0543. The Morgan fingerprint density at radius 1 is 1.08 bits per heavy atom. The van der Waals surface area contributed by atoms with Gasteiger partial charge in [0, 0.05) is 31.2 Å². The fraction of sp³-hybridized carbons (Fsp3) is 0.588. The lowest BCUT2D eigenvalue weighted by molar-refractivity contribution is 0.108. The van der Waals surface area contributed by atoms with Crippen LogP contribution in [-0.2, 0) is 0 Å². The Labute approximate surface area is 148 Å². The molecular weight excluding hydrogens is 324 g/mol. The zero-order chi connectivity index (χ0) is 17.1. The molecule has 2 heterocycles. The molecule has 24 heavy (non-hydrogen) atoms. The fourth-order valence-electron chi connectivity index (χ4n) is 3.25. The van der Waals surface area contributed by atoms with Crippen molar-refractivity contribution in [3.63, 3.8) is 0 Å². The molecule has 3 rings (SSSR count). The van der Waals surface area contributed by atoms with Crippen molar-refractivity contribution in [2.24, 2.45) is 0 Å². The number of benzene rings is 1. The third-order valence-corrected chi connectivity index (χ3v) is 4.91. The highest BCUT2D eigenvalue weighted by Crippen LogP contribution is 2.30. The highest BCUT2D eigenvalue weighted by Gasteiger charge is 2.30. The van der Waals surface area contributed by atoms with Gasteiger partial charge in [0.15, 0.2) is 5.82 Å². The zero-order valence-electron chi connectivity index (χ0n) is 14.6. The molecular formula is C17H25ClN6. The van der Waals surface area contributed by atoms with E-state index in [1.807, 2.05) is 16.8 Å². The van der Waals surface area contributed by atoms with E-state index in [1.165, 1.54) is 5.56 Å². The van der Waals surface area contributed by atoms with Crippen molar-refractivity contribution < 1.29 is 0 Å². The maximum absolute atomic E-state index is 6.08. The topological polar surface area (TPSA) is 50.1 Å². The molecule has 0 radical (unpaired) electrons. The Balaban J connectivity index is 1.95. The van der Waals surface area contributed by atoms with Crippen LogP contribution in [0.2, 0.25) is 5.02 Å². The van der Waals surface area contributed by atoms with Crippen molar-refractivity contribution in [1.29, 1.82) is 0 Å². The van der Waals surface area contributed by atoms with Crippen molar-refractivity contribution >= 4 is 11.6 Å². The summed E-state index contributed by atoms with van der Waals surface area (Å²) >= 11 is 6.08. The van der Waals surface area contributed by atoms with Crippen LogP contribution in [0.3, 0.4) is 0 Å². The summed E-state index contributed by atoms with van der Waals surface area (Å²) in [4.78, 5) is 4.95. The molecule has 0 spiro atoms. The minimum Gasteiger partial charge on any atom is -0.301 e. The number of piperazine rings is 1. The standard InChI is InChI=1S/C17H25ClN6/c1-4-22-9-11-23(12-10-22)16(14-5-7-15(18)8-6-14)17-19-20-21-24(17)13(2)3/h5-8,13,16H,4,9-12H2,1-3H3. The first-order valence-corrected chi connectivity index (χ1v) is 8.97. The summed E-state index contributed by atoms with van der Waals surface area (Å²) in [6.07, 6.45) is 0.